The number of hydrogen-bond acceptors (Lipinski definition) is 2. The van der Waals surface area contributed by atoms with Crippen LogP contribution in [0, 0.1) is 0 Å². The molecule has 0 spiro atoms. The smallest absolute Gasteiger partial charge is 0.231 e. The zero-order valence-corrected chi connectivity index (χ0v) is 7.45. The molecule has 0 saturated carbocycles. The van der Waals surface area contributed by atoms with E-state index in [1.54, 1.807) is 30.3 Å². The van der Waals surface area contributed by atoms with Crippen molar-refractivity contribution in [3.8, 4) is 0 Å². The van der Waals surface area contributed by atoms with E-state index in [0.717, 1.165) is 0 Å². The summed E-state index contributed by atoms with van der Waals surface area (Å²) in [6.07, 6.45) is -0.0724. The largest absolute Gasteiger partial charge is 0.396 e. The summed E-state index contributed by atoms with van der Waals surface area (Å²) < 4.78 is 11.4. The van der Waals surface area contributed by atoms with E-state index in [1.807, 2.05) is 0 Å². The van der Waals surface area contributed by atoms with Gasteiger partial charge >= 0.3 is 0 Å². The standard InChI is InChI=1S/C8H11O3P/c9-6-7-12(10,11)8-4-2-1-3-5-8/h1-5,9H,6-7H2,(H,10,11). The Hall–Kier alpha value is -0.630. The van der Waals surface area contributed by atoms with Crippen LogP contribution < -0.4 is 5.30 Å². The van der Waals surface area contributed by atoms with Crippen LogP contribution in [0.25, 0.3) is 0 Å². The Balaban J connectivity index is 2.90. The molecule has 66 valence electrons. The van der Waals surface area contributed by atoms with Crippen LogP contribution in [0.2, 0.25) is 0 Å². The fraction of sp³-hybridized carbons (Fsp3) is 0.250. The van der Waals surface area contributed by atoms with Gasteiger partial charge in [0.1, 0.15) is 0 Å². The van der Waals surface area contributed by atoms with Crippen molar-refractivity contribution in [3.63, 3.8) is 0 Å². The van der Waals surface area contributed by atoms with Crippen LogP contribution in [0.3, 0.4) is 0 Å². The van der Waals surface area contributed by atoms with Crippen molar-refractivity contribution in [2.45, 2.75) is 0 Å². The Morgan fingerprint density at radius 3 is 2.33 bits per heavy atom. The summed E-state index contributed by atoms with van der Waals surface area (Å²) in [6, 6.07) is 8.38. The quantitative estimate of drug-likeness (QED) is 0.678. The maximum atomic E-state index is 11.4. The fourth-order valence-corrected chi connectivity index (χ4v) is 2.09. The molecule has 2 N–H and O–H groups in total. The molecule has 0 bridgehead atoms. The fourth-order valence-electron chi connectivity index (χ4n) is 0.926. The summed E-state index contributed by atoms with van der Waals surface area (Å²) in [5.41, 5.74) is 0. The molecule has 0 amide bonds. The summed E-state index contributed by atoms with van der Waals surface area (Å²) in [5.74, 6) is 0. The van der Waals surface area contributed by atoms with Crippen molar-refractivity contribution in [1.82, 2.24) is 0 Å². The topological polar surface area (TPSA) is 57.5 Å². The minimum absolute atomic E-state index is 0.0724. The highest BCUT2D eigenvalue weighted by Gasteiger charge is 2.19. The lowest BCUT2D eigenvalue weighted by Crippen LogP contribution is -2.08. The number of aliphatic hydroxyl groups excluding tert-OH is 1. The second-order valence-corrected chi connectivity index (χ2v) is 4.85. The molecule has 0 aliphatic rings. The van der Waals surface area contributed by atoms with Gasteiger partial charge in [-0.05, 0) is 12.1 Å². The molecular formula is C8H11O3P. The van der Waals surface area contributed by atoms with Crippen LogP contribution in [-0.4, -0.2) is 22.8 Å². The Kier molecular flexibility index (Phi) is 3.04. The summed E-state index contributed by atoms with van der Waals surface area (Å²) >= 11 is 0. The normalized spacial score (nSPS) is 15.5. The number of rotatable bonds is 3. The minimum Gasteiger partial charge on any atom is -0.396 e. The third-order valence-electron chi connectivity index (χ3n) is 1.56. The Morgan fingerprint density at radius 2 is 1.83 bits per heavy atom. The van der Waals surface area contributed by atoms with E-state index in [1.165, 1.54) is 0 Å². The third kappa shape index (κ3) is 2.18. The van der Waals surface area contributed by atoms with Crippen LogP contribution in [-0.2, 0) is 4.57 Å². The van der Waals surface area contributed by atoms with Gasteiger partial charge < -0.3 is 10.00 Å². The lowest BCUT2D eigenvalue weighted by Gasteiger charge is -2.08. The highest BCUT2D eigenvalue weighted by molar-refractivity contribution is 7.66. The molecule has 1 aromatic carbocycles. The molecule has 0 aliphatic carbocycles. The van der Waals surface area contributed by atoms with E-state index < -0.39 is 7.37 Å². The second-order valence-electron chi connectivity index (χ2n) is 2.48. The van der Waals surface area contributed by atoms with Crippen LogP contribution in [0.1, 0.15) is 0 Å². The molecule has 3 nitrogen and oxygen atoms in total. The molecular weight excluding hydrogens is 175 g/mol. The van der Waals surface area contributed by atoms with Crippen molar-refractivity contribution in [2.24, 2.45) is 0 Å². The van der Waals surface area contributed by atoms with E-state index in [9.17, 15) is 9.46 Å². The lowest BCUT2D eigenvalue weighted by atomic mass is 10.4. The molecule has 0 heterocycles. The van der Waals surface area contributed by atoms with Crippen LogP contribution in [0.15, 0.2) is 30.3 Å². The Bertz CT molecular complexity index is 284. The molecule has 1 unspecified atom stereocenters. The Morgan fingerprint density at radius 1 is 1.25 bits per heavy atom. The predicted octanol–water partition coefficient (Wildman–Crippen LogP) is 0.575. The number of hydrogen-bond donors (Lipinski definition) is 2. The predicted molar refractivity (Wildman–Crippen MR) is 47.9 cm³/mol. The molecule has 0 aliphatic heterocycles. The first kappa shape index (κ1) is 9.46. The molecule has 0 fully saturated rings. The first-order valence-electron chi connectivity index (χ1n) is 3.65. The third-order valence-corrected chi connectivity index (χ3v) is 3.47. The van der Waals surface area contributed by atoms with Crippen molar-refractivity contribution in [3.05, 3.63) is 30.3 Å². The van der Waals surface area contributed by atoms with Gasteiger partial charge in [-0.3, -0.25) is 4.57 Å². The average Bonchev–Trinajstić information content (AvgIpc) is 2.06. The summed E-state index contributed by atoms with van der Waals surface area (Å²) in [5, 5.41) is 8.93. The first-order valence-corrected chi connectivity index (χ1v) is 5.49. The monoisotopic (exact) mass is 186 g/mol. The van der Waals surface area contributed by atoms with E-state index in [2.05, 4.69) is 0 Å². The lowest BCUT2D eigenvalue weighted by molar-refractivity contribution is 0.315. The molecule has 0 aromatic heterocycles. The maximum absolute atomic E-state index is 11.4. The van der Waals surface area contributed by atoms with Crippen LogP contribution in [0.5, 0.6) is 0 Å². The van der Waals surface area contributed by atoms with Gasteiger partial charge in [0.25, 0.3) is 0 Å². The number of aliphatic hydroxyl groups is 1. The first-order chi connectivity index (χ1) is 5.67. The van der Waals surface area contributed by atoms with Crippen LogP contribution >= 0.6 is 7.37 Å². The van der Waals surface area contributed by atoms with Gasteiger partial charge in [-0.15, -0.1) is 0 Å². The minimum atomic E-state index is -3.29. The van der Waals surface area contributed by atoms with E-state index in [-0.39, 0.29) is 12.8 Å². The highest BCUT2D eigenvalue weighted by atomic mass is 31.2. The molecule has 1 atom stereocenters. The zero-order chi connectivity index (χ0) is 9.03. The van der Waals surface area contributed by atoms with Crippen molar-refractivity contribution >= 4 is 12.7 Å². The molecule has 1 rings (SSSR count). The van der Waals surface area contributed by atoms with Crippen LogP contribution in [0.4, 0.5) is 0 Å². The average molecular weight is 186 g/mol. The van der Waals surface area contributed by atoms with Gasteiger partial charge in [0.2, 0.25) is 7.37 Å². The van der Waals surface area contributed by atoms with E-state index in [4.69, 9.17) is 5.11 Å². The SMILES string of the molecule is O=P(O)(CCO)c1ccccc1. The molecule has 0 saturated heterocycles. The highest BCUT2D eigenvalue weighted by Crippen LogP contribution is 2.37. The van der Waals surface area contributed by atoms with Gasteiger partial charge in [-0.2, -0.15) is 0 Å². The van der Waals surface area contributed by atoms with Crippen molar-refractivity contribution in [1.29, 1.82) is 0 Å². The molecule has 1 aromatic rings. The van der Waals surface area contributed by atoms with Gasteiger partial charge in [-0.1, -0.05) is 18.2 Å². The molecule has 0 radical (unpaired) electrons. The number of benzene rings is 1. The molecule has 4 heteroatoms. The Labute approximate surface area is 71.1 Å². The second kappa shape index (κ2) is 3.85. The maximum Gasteiger partial charge on any atom is 0.231 e. The zero-order valence-electron chi connectivity index (χ0n) is 6.55. The van der Waals surface area contributed by atoms with E-state index >= 15 is 0 Å². The summed E-state index contributed by atoms with van der Waals surface area (Å²) in [4.78, 5) is 9.38. The summed E-state index contributed by atoms with van der Waals surface area (Å²) in [6.45, 7) is -0.261. The van der Waals surface area contributed by atoms with Gasteiger partial charge in [0.15, 0.2) is 0 Å². The summed E-state index contributed by atoms with van der Waals surface area (Å²) in [7, 11) is -3.29. The van der Waals surface area contributed by atoms with Crippen molar-refractivity contribution in [2.75, 3.05) is 12.8 Å². The van der Waals surface area contributed by atoms with Gasteiger partial charge in [0.05, 0.1) is 12.8 Å². The molecule has 12 heavy (non-hydrogen) atoms. The van der Waals surface area contributed by atoms with E-state index in [0.29, 0.717) is 5.30 Å². The van der Waals surface area contributed by atoms with Gasteiger partial charge in [0, 0.05) is 5.30 Å². The van der Waals surface area contributed by atoms with Gasteiger partial charge in [-0.25, -0.2) is 0 Å². The van der Waals surface area contributed by atoms with Crippen molar-refractivity contribution < 1.29 is 14.6 Å².